The first-order valence-electron chi connectivity index (χ1n) is 9.95. The van der Waals surface area contributed by atoms with Crippen LogP contribution >= 0.6 is 7.26 Å². The standard InChI is InChI=1S/C27H26P.ClH/c1-2-23-18-20-24(21-19-23)22-28(25-12-6-3-7-13-25,26-14-8-4-9-15-26)27-16-10-5-11-17-27;/h3-21H,2,22H2,1H3;1H/q+1;/p-1. The quantitative estimate of drug-likeness (QED) is 0.424. The van der Waals surface area contributed by atoms with Gasteiger partial charge in [-0.15, -0.1) is 0 Å². The molecule has 4 aromatic carbocycles. The lowest BCUT2D eigenvalue weighted by Crippen LogP contribution is -3.00. The van der Waals surface area contributed by atoms with E-state index in [1.54, 1.807) is 0 Å². The van der Waals surface area contributed by atoms with Gasteiger partial charge in [0.15, 0.2) is 0 Å². The predicted molar refractivity (Wildman–Crippen MR) is 125 cm³/mol. The van der Waals surface area contributed by atoms with Gasteiger partial charge in [-0.25, -0.2) is 0 Å². The van der Waals surface area contributed by atoms with Gasteiger partial charge >= 0.3 is 0 Å². The molecule has 0 heterocycles. The molecule has 29 heavy (non-hydrogen) atoms. The fourth-order valence-corrected chi connectivity index (χ4v) is 8.17. The van der Waals surface area contributed by atoms with E-state index in [9.17, 15) is 0 Å². The molecule has 0 N–H and O–H groups in total. The van der Waals surface area contributed by atoms with Crippen molar-refractivity contribution in [1.29, 1.82) is 0 Å². The van der Waals surface area contributed by atoms with Crippen molar-refractivity contribution < 1.29 is 12.4 Å². The van der Waals surface area contributed by atoms with E-state index in [0.29, 0.717) is 0 Å². The van der Waals surface area contributed by atoms with Gasteiger partial charge in [-0.05, 0) is 53.9 Å². The summed E-state index contributed by atoms with van der Waals surface area (Å²) in [6.07, 6.45) is 2.12. The van der Waals surface area contributed by atoms with Crippen LogP contribution in [0.15, 0.2) is 115 Å². The highest BCUT2D eigenvalue weighted by molar-refractivity contribution is 7.95. The Labute approximate surface area is 181 Å². The van der Waals surface area contributed by atoms with Crippen LogP contribution in [-0.4, -0.2) is 0 Å². The Morgan fingerprint density at radius 1 is 0.483 bits per heavy atom. The Morgan fingerprint density at radius 3 is 1.17 bits per heavy atom. The fraction of sp³-hybridized carbons (Fsp3) is 0.111. The Bertz CT molecular complexity index is 900. The molecule has 0 aliphatic rings. The van der Waals surface area contributed by atoms with E-state index in [1.165, 1.54) is 27.0 Å². The van der Waals surface area contributed by atoms with Gasteiger partial charge in [0.05, 0.1) is 6.16 Å². The molecule has 0 radical (unpaired) electrons. The molecule has 0 saturated carbocycles. The van der Waals surface area contributed by atoms with Crippen LogP contribution in [0.25, 0.3) is 0 Å². The van der Waals surface area contributed by atoms with Gasteiger partial charge in [0, 0.05) is 0 Å². The summed E-state index contributed by atoms with van der Waals surface area (Å²) in [5, 5.41) is 4.31. The summed E-state index contributed by atoms with van der Waals surface area (Å²) in [5.74, 6) is 0. The smallest absolute Gasteiger partial charge is 0.116 e. The van der Waals surface area contributed by atoms with Crippen LogP contribution < -0.4 is 28.3 Å². The topological polar surface area (TPSA) is 0 Å². The van der Waals surface area contributed by atoms with Crippen LogP contribution in [0.1, 0.15) is 18.1 Å². The molecule has 0 atom stereocenters. The first-order chi connectivity index (χ1) is 13.8. The maximum atomic E-state index is 2.32. The predicted octanol–water partition coefficient (Wildman–Crippen LogP) is 2.75. The van der Waals surface area contributed by atoms with Gasteiger partial charge in [-0.2, -0.15) is 0 Å². The summed E-state index contributed by atoms with van der Waals surface area (Å²) >= 11 is 0. The van der Waals surface area contributed by atoms with E-state index in [-0.39, 0.29) is 12.4 Å². The van der Waals surface area contributed by atoms with Gasteiger partial charge in [-0.3, -0.25) is 0 Å². The van der Waals surface area contributed by atoms with Crippen molar-refractivity contribution in [1.82, 2.24) is 0 Å². The maximum Gasteiger partial charge on any atom is 0.116 e. The van der Waals surface area contributed by atoms with Crippen molar-refractivity contribution in [3.63, 3.8) is 0 Å². The normalized spacial score (nSPS) is 10.9. The van der Waals surface area contributed by atoms with Crippen molar-refractivity contribution >= 4 is 23.2 Å². The summed E-state index contributed by atoms with van der Waals surface area (Å²) in [7, 11) is -1.80. The summed E-state index contributed by atoms with van der Waals surface area (Å²) in [4.78, 5) is 0. The van der Waals surface area contributed by atoms with E-state index in [1.807, 2.05) is 0 Å². The molecule has 0 aliphatic carbocycles. The van der Waals surface area contributed by atoms with Crippen molar-refractivity contribution in [2.75, 3.05) is 0 Å². The molecule has 0 saturated heterocycles. The molecule has 2 heteroatoms. The van der Waals surface area contributed by atoms with E-state index in [0.717, 1.165) is 12.6 Å². The van der Waals surface area contributed by atoms with Crippen LogP contribution in [0.4, 0.5) is 0 Å². The van der Waals surface area contributed by atoms with Gasteiger partial charge < -0.3 is 12.4 Å². The second-order valence-corrected chi connectivity index (χ2v) is 10.6. The number of hydrogen-bond acceptors (Lipinski definition) is 0. The molecule has 0 unspecified atom stereocenters. The fourth-order valence-electron chi connectivity index (χ4n) is 3.92. The molecule has 0 aromatic heterocycles. The highest BCUT2D eigenvalue weighted by atomic mass is 35.5. The number of halogens is 1. The first kappa shape index (κ1) is 21.3. The van der Waals surface area contributed by atoms with Crippen molar-refractivity contribution in [3.8, 4) is 0 Å². The van der Waals surface area contributed by atoms with E-state index >= 15 is 0 Å². The minimum absolute atomic E-state index is 0. The van der Waals surface area contributed by atoms with Crippen molar-refractivity contribution in [3.05, 3.63) is 126 Å². The molecule has 0 aliphatic heterocycles. The molecular formula is C27H26ClP. The molecule has 4 aromatic rings. The third kappa shape index (κ3) is 4.45. The lowest BCUT2D eigenvalue weighted by molar-refractivity contribution is -0.00000551. The van der Waals surface area contributed by atoms with Crippen LogP contribution in [0.2, 0.25) is 0 Å². The molecule has 0 nitrogen and oxygen atoms in total. The highest BCUT2D eigenvalue weighted by Gasteiger charge is 2.45. The lowest BCUT2D eigenvalue weighted by Gasteiger charge is -2.28. The van der Waals surface area contributed by atoms with Gasteiger partial charge in [0.2, 0.25) is 0 Å². The SMILES string of the molecule is CCc1ccc(C[P+](c2ccccc2)(c2ccccc2)c2ccccc2)cc1.[Cl-]. The zero-order chi connectivity index (χ0) is 19.2. The van der Waals surface area contributed by atoms with Crippen molar-refractivity contribution in [2.24, 2.45) is 0 Å². The molecule has 4 rings (SSSR count). The van der Waals surface area contributed by atoms with Crippen LogP contribution in [0, 0.1) is 0 Å². The maximum absolute atomic E-state index is 2.32. The molecular weight excluding hydrogens is 391 g/mol. The van der Waals surface area contributed by atoms with E-state index in [2.05, 4.69) is 122 Å². The van der Waals surface area contributed by atoms with Crippen LogP contribution in [0.3, 0.4) is 0 Å². The third-order valence-corrected chi connectivity index (χ3v) is 9.82. The lowest BCUT2D eigenvalue weighted by atomic mass is 10.1. The average Bonchev–Trinajstić information content (AvgIpc) is 2.80. The summed E-state index contributed by atoms with van der Waals surface area (Å²) in [6, 6.07) is 42.5. The van der Waals surface area contributed by atoms with Gasteiger partial charge in [-0.1, -0.05) is 85.8 Å². The zero-order valence-electron chi connectivity index (χ0n) is 16.7. The monoisotopic (exact) mass is 416 g/mol. The van der Waals surface area contributed by atoms with Crippen molar-refractivity contribution in [2.45, 2.75) is 19.5 Å². The van der Waals surface area contributed by atoms with E-state index < -0.39 is 7.26 Å². The van der Waals surface area contributed by atoms with Crippen LogP contribution in [0.5, 0.6) is 0 Å². The second kappa shape index (κ2) is 9.88. The Kier molecular flexibility index (Phi) is 7.26. The molecule has 0 bridgehead atoms. The third-order valence-electron chi connectivity index (χ3n) is 5.44. The first-order valence-corrected chi connectivity index (χ1v) is 11.9. The average molecular weight is 417 g/mol. The molecule has 0 spiro atoms. The highest BCUT2D eigenvalue weighted by Crippen LogP contribution is 2.58. The Morgan fingerprint density at radius 2 is 0.828 bits per heavy atom. The molecule has 146 valence electrons. The van der Waals surface area contributed by atoms with E-state index in [4.69, 9.17) is 0 Å². The van der Waals surface area contributed by atoms with Crippen LogP contribution in [-0.2, 0) is 12.6 Å². The largest absolute Gasteiger partial charge is 1.00 e. The Balaban J connectivity index is 0.00000240. The summed E-state index contributed by atoms with van der Waals surface area (Å²) in [5.41, 5.74) is 2.80. The minimum atomic E-state index is -1.80. The minimum Gasteiger partial charge on any atom is -1.00 e. The zero-order valence-corrected chi connectivity index (χ0v) is 18.4. The number of aryl methyl sites for hydroxylation is 1. The second-order valence-electron chi connectivity index (χ2n) is 7.14. The number of rotatable bonds is 6. The van der Waals surface area contributed by atoms with Gasteiger partial charge in [0.1, 0.15) is 23.2 Å². The number of benzene rings is 4. The summed E-state index contributed by atoms with van der Waals surface area (Å²) < 4.78 is 0. The molecule has 0 amide bonds. The molecule has 0 fully saturated rings. The Hall–Kier alpha value is -2.40. The van der Waals surface area contributed by atoms with Gasteiger partial charge in [0.25, 0.3) is 0 Å². The number of hydrogen-bond donors (Lipinski definition) is 0. The summed E-state index contributed by atoms with van der Waals surface area (Å²) in [6.45, 7) is 2.21.